The summed E-state index contributed by atoms with van der Waals surface area (Å²) < 4.78 is 17.0. The topological polar surface area (TPSA) is 65.1 Å². The van der Waals surface area contributed by atoms with Crippen LogP contribution in [-0.4, -0.2) is 48.7 Å². The molecule has 2 heterocycles. The summed E-state index contributed by atoms with van der Waals surface area (Å²) in [6.45, 7) is 4.59. The highest BCUT2D eigenvalue weighted by atomic mass is 16.5. The Hall–Kier alpha value is -2.86. The van der Waals surface area contributed by atoms with Crippen molar-refractivity contribution in [3.8, 4) is 11.5 Å². The van der Waals surface area contributed by atoms with Crippen LogP contribution >= 0.6 is 0 Å². The smallest absolute Gasteiger partial charge is 0.318 e. The molecule has 0 spiro atoms. The van der Waals surface area contributed by atoms with Gasteiger partial charge in [0, 0.05) is 24.2 Å². The van der Waals surface area contributed by atoms with Crippen molar-refractivity contribution in [3.05, 3.63) is 59.7 Å². The Morgan fingerprint density at radius 3 is 2.07 bits per heavy atom. The number of ether oxygens (including phenoxy) is 3. The van der Waals surface area contributed by atoms with Crippen molar-refractivity contribution in [1.29, 1.82) is 0 Å². The number of hydrogen-bond donors (Lipinski definition) is 0. The molecule has 0 unspecified atom stereocenters. The zero-order valence-corrected chi connectivity index (χ0v) is 16.0. The largest absolute Gasteiger partial charge is 0.457 e. The molecule has 0 N–H and O–H groups in total. The summed E-state index contributed by atoms with van der Waals surface area (Å²) in [5.41, 5.74) is 1.49. The van der Waals surface area contributed by atoms with E-state index in [2.05, 4.69) is 0 Å². The van der Waals surface area contributed by atoms with E-state index >= 15 is 0 Å². The maximum atomic E-state index is 13.0. The highest BCUT2D eigenvalue weighted by molar-refractivity contribution is 5.87. The third-order valence-corrected chi connectivity index (χ3v) is 5.03. The molecule has 1 amide bonds. The molecule has 2 aromatic carbocycles. The summed E-state index contributed by atoms with van der Waals surface area (Å²) in [6.07, 6.45) is -0.0599. The van der Waals surface area contributed by atoms with Crippen molar-refractivity contribution in [1.82, 2.24) is 4.90 Å². The molecular formula is C22H23NO5. The highest BCUT2D eigenvalue weighted by Crippen LogP contribution is 2.44. The van der Waals surface area contributed by atoms with Gasteiger partial charge in [0.15, 0.2) is 6.61 Å². The van der Waals surface area contributed by atoms with Crippen LogP contribution in [0.3, 0.4) is 0 Å². The minimum absolute atomic E-state index is 0.0300. The summed E-state index contributed by atoms with van der Waals surface area (Å²) in [5, 5.41) is 0. The lowest BCUT2D eigenvalue weighted by Gasteiger charge is -2.35. The van der Waals surface area contributed by atoms with Crippen LogP contribution < -0.4 is 4.74 Å². The summed E-state index contributed by atoms with van der Waals surface area (Å²) in [4.78, 5) is 27.2. The van der Waals surface area contributed by atoms with E-state index in [1.165, 1.54) is 0 Å². The van der Waals surface area contributed by atoms with Crippen molar-refractivity contribution < 1.29 is 23.8 Å². The van der Waals surface area contributed by atoms with E-state index < -0.39 is 11.9 Å². The quantitative estimate of drug-likeness (QED) is 0.765. The molecule has 6 nitrogen and oxygen atoms in total. The standard InChI is InChI=1S/C22H23NO5/c1-14-11-23(12-15(2)27-14)20(24)13-26-22(25)21-16-7-3-5-9-18(16)28-19-10-6-4-8-17(19)21/h3-10,14-15,21H,11-13H2,1-2H3/t14-,15-/m1/s1. The summed E-state index contributed by atoms with van der Waals surface area (Å²) in [7, 11) is 0. The molecule has 1 saturated heterocycles. The fourth-order valence-corrected chi connectivity index (χ4v) is 3.85. The van der Waals surface area contributed by atoms with Crippen LogP contribution in [0.15, 0.2) is 48.5 Å². The maximum Gasteiger partial charge on any atom is 0.318 e. The van der Waals surface area contributed by atoms with E-state index in [-0.39, 0.29) is 24.7 Å². The number of hydrogen-bond acceptors (Lipinski definition) is 5. The molecule has 28 heavy (non-hydrogen) atoms. The van der Waals surface area contributed by atoms with Gasteiger partial charge in [-0.1, -0.05) is 36.4 Å². The second kappa shape index (κ2) is 7.64. The first kappa shape index (κ1) is 18.5. The molecule has 4 rings (SSSR count). The molecule has 2 aliphatic heterocycles. The third-order valence-electron chi connectivity index (χ3n) is 5.03. The lowest BCUT2D eigenvalue weighted by molar-refractivity contribution is -0.157. The number of carbonyl (C=O) groups is 2. The predicted octanol–water partition coefficient (Wildman–Crippen LogP) is 3.10. The number of esters is 1. The Morgan fingerprint density at radius 2 is 1.50 bits per heavy atom. The lowest BCUT2D eigenvalue weighted by atomic mass is 9.88. The molecule has 0 bridgehead atoms. The molecule has 6 heteroatoms. The Labute approximate surface area is 164 Å². The van der Waals surface area contributed by atoms with Gasteiger partial charge in [-0.2, -0.15) is 0 Å². The van der Waals surface area contributed by atoms with Crippen LogP contribution in [0, 0.1) is 0 Å². The number of amides is 1. The molecule has 0 aliphatic carbocycles. The monoisotopic (exact) mass is 381 g/mol. The van der Waals surface area contributed by atoms with Crippen LogP contribution in [0.4, 0.5) is 0 Å². The van der Waals surface area contributed by atoms with Gasteiger partial charge in [-0.15, -0.1) is 0 Å². The van der Waals surface area contributed by atoms with Gasteiger partial charge in [0.1, 0.15) is 17.4 Å². The Kier molecular flexibility index (Phi) is 5.05. The summed E-state index contributed by atoms with van der Waals surface area (Å²) >= 11 is 0. The SMILES string of the molecule is C[C@@H]1CN(C(=O)COC(=O)C2c3ccccc3Oc3ccccc32)C[C@@H](C)O1. The van der Waals surface area contributed by atoms with E-state index in [1.54, 1.807) is 4.90 Å². The van der Waals surface area contributed by atoms with Gasteiger partial charge in [0.25, 0.3) is 5.91 Å². The molecule has 2 atom stereocenters. The van der Waals surface area contributed by atoms with E-state index in [9.17, 15) is 9.59 Å². The summed E-state index contributed by atoms with van der Waals surface area (Å²) in [6, 6.07) is 14.8. The van der Waals surface area contributed by atoms with Gasteiger partial charge in [-0.05, 0) is 26.0 Å². The van der Waals surface area contributed by atoms with Gasteiger partial charge in [-0.25, -0.2) is 0 Å². The summed E-state index contributed by atoms with van der Waals surface area (Å²) in [5.74, 6) is -0.0121. The van der Waals surface area contributed by atoms with E-state index in [0.29, 0.717) is 24.6 Å². The first-order chi connectivity index (χ1) is 13.5. The van der Waals surface area contributed by atoms with Crippen LogP contribution in [-0.2, 0) is 19.1 Å². The molecular weight excluding hydrogens is 358 g/mol. The first-order valence-corrected chi connectivity index (χ1v) is 9.48. The van der Waals surface area contributed by atoms with E-state index in [0.717, 1.165) is 11.1 Å². The molecule has 2 aromatic rings. The minimum atomic E-state index is -0.614. The highest BCUT2D eigenvalue weighted by Gasteiger charge is 2.34. The van der Waals surface area contributed by atoms with Crippen molar-refractivity contribution in [2.75, 3.05) is 19.7 Å². The Bertz CT molecular complexity index is 841. The number of fused-ring (bicyclic) bond motifs is 2. The van der Waals surface area contributed by atoms with Crippen LogP contribution in [0.25, 0.3) is 0 Å². The number of rotatable bonds is 3. The maximum absolute atomic E-state index is 13.0. The van der Waals surface area contributed by atoms with Crippen molar-refractivity contribution in [2.45, 2.75) is 32.0 Å². The second-order valence-electron chi connectivity index (χ2n) is 7.27. The van der Waals surface area contributed by atoms with Crippen molar-refractivity contribution in [2.24, 2.45) is 0 Å². The third kappa shape index (κ3) is 3.60. The Morgan fingerprint density at radius 1 is 0.964 bits per heavy atom. The van der Waals surface area contributed by atoms with Crippen molar-refractivity contribution in [3.63, 3.8) is 0 Å². The van der Waals surface area contributed by atoms with Gasteiger partial charge >= 0.3 is 5.97 Å². The number of morpholine rings is 1. The molecule has 0 radical (unpaired) electrons. The first-order valence-electron chi connectivity index (χ1n) is 9.48. The van der Waals surface area contributed by atoms with Crippen molar-refractivity contribution >= 4 is 11.9 Å². The van der Waals surface area contributed by atoms with Gasteiger partial charge < -0.3 is 19.1 Å². The van der Waals surface area contributed by atoms with Gasteiger partial charge in [0.2, 0.25) is 0 Å². The molecule has 2 aliphatic rings. The van der Waals surface area contributed by atoms with E-state index in [4.69, 9.17) is 14.2 Å². The number of carbonyl (C=O) groups excluding carboxylic acids is 2. The fraction of sp³-hybridized carbons (Fsp3) is 0.364. The predicted molar refractivity (Wildman–Crippen MR) is 102 cm³/mol. The number of nitrogens with zero attached hydrogens (tertiary/aromatic N) is 1. The molecule has 0 saturated carbocycles. The van der Waals surface area contributed by atoms with Crippen LogP contribution in [0.2, 0.25) is 0 Å². The average molecular weight is 381 g/mol. The number of benzene rings is 2. The normalized spacial score (nSPS) is 21.3. The van der Waals surface area contributed by atoms with Crippen LogP contribution in [0.1, 0.15) is 30.9 Å². The molecule has 146 valence electrons. The Balaban J connectivity index is 1.50. The van der Waals surface area contributed by atoms with Crippen LogP contribution in [0.5, 0.6) is 11.5 Å². The average Bonchev–Trinajstić information content (AvgIpc) is 2.69. The lowest BCUT2D eigenvalue weighted by Crippen LogP contribution is -2.49. The zero-order valence-electron chi connectivity index (χ0n) is 16.0. The minimum Gasteiger partial charge on any atom is -0.457 e. The van der Waals surface area contributed by atoms with E-state index in [1.807, 2.05) is 62.4 Å². The molecule has 0 aromatic heterocycles. The molecule has 1 fully saturated rings. The zero-order chi connectivity index (χ0) is 19.7. The second-order valence-corrected chi connectivity index (χ2v) is 7.27. The van der Waals surface area contributed by atoms with Gasteiger partial charge in [-0.3, -0.25) is 9.59 Å². The number of para-hydroxylation sites is 2. The van der Waals surface area contributed by atoms with Gasteiger partial charge in [0.05, 0.1) is 12.2 Å². The fourth-order valence-electron chi connectivity index (χ4n) is 3.85.